The van der Waals surface area contributed by atoms with Crippen LogP contribution in [0.25, 0.3) is 0 Å². The third-order valence-electron chi connectivity index (χ3n) is 2.78. The summed E-state index contributed by atoms with van der Waals surface area (Å²) in [7, 11) is 2.73. The minimum absolute atomic E-state index is 0.0820. The molecule has 0 aliphatic carbocycles. The summed E-state index contributed by atoms with van der Waals surface area (Å²) in [5, 5.41) is 8.23. The summed E-state index contributed by atoms with van der Waals surface area (Å²) in [5.41, 5.74) is 0.915. The Labute approximate surface area is 124 Å². The van der Waals surface area contributed by atoms with Crippen molar-refractivity contribution in [2.24, 2.45) is 7.05 Å². The zero-order chi connectivity index (χ0) is 15.6. The predicted molar refractivity (Wildman–Crippen MR) is 77.8 cm³/mol. The fraction of sp³-hybridized carbons (Fsp3) is 0.231. The fourth-order valence-corrected chi connectivity index (χ4v) is 2.57. The van der Waals surface area contributed by atoms with Crippen molar-refractivity contribution in [3.05, 3.63) is 44.0 Å². The van der Waals surface area contributed by atoms with E-state index in [-0.39, 0.29) is 11.3 Å². The lowest BCUT2D eigenvalue weighted by atomic mass is 10.2. The van der Waals surface area contributed by atoms with Gasteiger partial charge >= 0.3 is 5.97 Å². The number of anilines is 1. The van der Waals surface area contributed by atoms with Crippen LogP contribution in [0.15, 0.2) is 22.3 Å². The van der Waals surface area contributed by atoms with Crippen molar-refractivity contribution >= 4 is 28.9 Å². The van der Waals surface area contributed by atoms with Crippen LogP contribution in [0, 0.1) is 6.92 Å². The van der Waals surface area contributed by atoms with E-state index in [4.69, 9.17) is 0 Å². The number of methoxy groups -OCH3 is 1. The van der Waals surface area contributed by atoms with Gasteiger partial charge in [-0.25, -0.2) is 9.48 Å². The highest BCUT2D eigenvalue weighted by molar-refractivity contribution is 7.12. The molecule has 0 aliphatic rings. The van der Waals surface area contributed by atoms with Crippen LogP contribution in [0.4, 0.5) is 5.69 Å². The topological polar surface area (TPSA) is 90.3 Å². The average molecular weight is 307 g/mol. The van der Waals surface area contributed by atoms with E-state index >= 15 is 0 Å². The Hall–Kier alpha value is -2.48. The van der Waals surface area contributed by atoms with Crippen LogP contribution in [0.3, 0.4) is 0 Å². The Morgan fingerprint density at radius 3 is 2.71 bits per heavy atom. The van der Waals surface area contributed by atoms with Crippen molar-refractivity contribution in [3.63, 3.8) is 0 Å². The van der Waals surface area contributed by atoms with Crippen LogP contribution in [0.1, 0.15) is 25.7 Å². The molecule has 1 amide bonds. The molecule has 0 saturated carbocycles. The van der Waals surface area contributed by atoms with Gasteiger partial charge in [-0.2, -0.15) is 5.10 Å². The van der Waals surface area contributed by atoms with Crippen LogP contribution >= 0.6 is 11.3 Å². The molecule has 2 aromatic heterocycles. The Morgan fingerprint density at radius 1 is 1.38 bits per heavy atom. The molecule has 8 heteroatoms. The molecule has 1 N–H and O–H groups in total. The van der Waals surface area contributed by atoms with E-state index in [2.05, 4.69) is 15.2 Å². The normalized spacial score (nSPS) is 10.2. The second-order valence-corrected chi connectivity index (χ2v) is 5.13. The van der Waals surface area contributed by atoms with Gasteiger partial charge < -0.3 is 10.1 Å². The Bertz CT molecular complexity index is 763. The van der Waals surface area contributed by atoms with Crippen molar-refractivity contribution in [2.75, 3.05) is 12.4 Å². The van der Waals surface area contributed by atoms with Gasteiger partial charge in [0, 0.05) is 13.1 Å². The van der Waals surface area contributed by atoms with Gasteiger partial charge in [-0.15, -0.1) is 11.3 Å². The molecule has 0 atom stereocenters. The maximum Gasteiger partial charge on any atom is 0.350 e. The Balaban J connectivity index is 2.31. The summed E-state index contributed by atoms with van der Waals surface area (Å²) < 4.78 is 5.74. The summed E-state index contributed by atoms with van der Waals surface area (Å²) in [6, 6.07) is 2.58. The molecule has 0 aliphatic heterocycles. The number of carbonyl (C=O) groups is 2. The molecule has 0 unspecified atom stereocenters. The second kappa shape index (κ2) is 5.88. The molecule has 0 bridgehead atoms. The van der Waals surface area contributed by atoms with Gasteiger partial charge in [-0.3, -0.25) is 9.59 Å². The third-order valence-corrected chi connectivity index (χ3v) is 3.86. The SMILES string of the molecule is COC(=O)c1scc(C)c1NC(=O)c1ccc(=O)n(C)n1. The van der Waals surface area contributed by atoms with Crippen molar-refractivity contribution in [1.82, 2.24) is 9.78 Å². The maximum absolute atomic E-state index is 12.2. The molecule has 2 rings (SSSR count). The highest BCUT2D eigenvalue weighted by Crippen LogP contribution is 2.28. The molecule has 0 radical (unpaired) electrons. The van der Waals surface area contributed by atoms with E-state index in [0.717, 1.165) is 10.2 Å². The van der Waals surface area contributed by atoms with Crippen LogP contribution in [-0.4, -0.2) is 28.8 Å². The highest BCUT2D eigenvalue weighted by Gasteiger charge is 2.19. The van der Waals surface area contributed by atoms with Gasteiger partial charge in [-0.1, -0.05) is 0 Å². The van der Waals surface area contributed by atoms with Gasteiger partial charge in [0.2, 0.25) is 0 Å². The first-order valence-corrected chi connectivity index (χ1v) is 6.84. The average Bonchev–Trinajstić information content (AvgIpc) is 2.82. The zero-order valence-electron chi connectivity index (χ0n) is 11.7. The first-order chi connectivity index (χ1) is 9.93. The van der Waals surface area contributed by atoms with E-state index in [1.807, 2.05) is 0 Å². The molecule has 0 fully saturated rings. The van der Waals surface area contributed by atoms with Crippen molar-refractivity contribution < 1.29 is 14.3 Å². The Kier molecular flexibility index (Phi) is 4.18. The molecule has 21 heavy (non-hydrogen) atoms. The maximum atomic E-state index is 12.2. The number of carbonyl (C=O) groups excluding carboxylic acids is 2. The van der Waals surface area contributed by atoms with Crippen molar-refractivity contribution in [1.29, 1.82) is 0 Å². The molecule has 2 aromatic rings. The van der Waals surface area contributed by atoms with E-state index in [1.54, 1.807) is 12.3 Å². The monoisotopic (exact) mass is 307 g/mol. The largest absolute Gasteiger partial charge is 0.465 e. The summed E-state index contributed by atoms with van der Waals surface area (Å²) >= 11 is 1.19. The lowest BCUT2D eigenvalue weighted by Crippen LogP contribution is -2.24. The number of thiophene rings is 1. The van der Waals surface area contributed by atoms with E-state index in [1.165, 1.54) is 37.6 Å². The number of aryl methyl sites for hydroxylation is 2. The molecular weight excluding hydrogens is 294 g/mol. The second-order valence-electron chi connectivity index (χ2n) is 4.25. The minimum atomic E-state index is -0.517. The Morgan fingerprint density at radius 2 is 2.10 bits per heavy atom. The summed E-state index contributed by atoms with van der Waals surface area (Å²) in [4.78, 5) is 35.4. The first-order valence-electron chi connectivity index (χ1n) is 5.96. The number of hydrogen-bond donors (Lipinski definition) is 1. The molecule has 7 nitrogen and oxygen atoms in total. The first kappa shape index (κ1) is 14.9. The van der Waals surface area contributed by atoms with Gasteiger partial charge in [-0.05, 0) is 23.9 Å². The molecular formula is C13H13N3O4S. The highest BCUT2D eigenvalue weighted by atomic mass is 32.1. The molecule has 0 saturated heterocycles. The standard InChI is InChI=1S/C13H13N3O4S/c1-7-6-21-11(13(19)20-3)10(7)14-12(18)8-4-5-9(17)16(2)15-8/h4-6H,1-3H3,(H,14,18). The molecule has 110 valence electrons. The van der Waals surface area contributed by atoms with Crippen LogP contribution in [-0.2, 0) is 11.8 Å². The number of aromatic nitrogens is 2. The third kappa shape index (κ3) is 3.00. The number of nitrogens with zero attached hydrogens (tertiary/aromatic N) is 2. The number of hydrogen-bond acceptors (Lipinski definition) is 6. The lowest BCUT2D eigenvalue weighted by molar-refractivity contribution is 0.0607. The van der Waals surface area contributed by atoms with Crippen LogP contribution in [0.5, 0.6) is 0 Å². The van der Waals surface area contributed by atoms with Crippen LogP contribution < -0.4 is 10.9 Å². The van der Waals surface area contributed by atoms with E-state index < -0.39 is 11.9 Å². The number of ether oxygens (including phenoxy) is 1. The van der Waals surface area contributed by atoms with Gasteiger partial charge in [0.05, 0.1) is 12.8 Å². The van der Waals surface area contributed by atoms with Gasteiger partial charge in [0.1, 0.15) is 10.6 Å². The van der Waals surface area contributed by atoms with E-state index in [9.17, 15) is 14.4 Å². The summed E-state index contributed by atoms with van der Waals surface area (Å²) in [6.45, 7) is 1.77. The summed E-state index contributed by atoms with van der Waals surface area (Å²) in [6.07, 6.45) is 0. The lowest BCUT2D eigenvalue weighted by Gasteiger charge is -2.07. The van der Waals surface area contributed by atoms with Crippen LogP contribution in [0.2, 0.25) is 0 Å². The number of rotatable bonds is 3. The number of nitrogens with one attached hydrogen (secondary N) is 1. The zero-order valence-corrected chi connectivity index (χ0v) is 12.5. The molecule has 2 heterocycles. The number of amides is 1. The summed E-state index contributed by atoms with van der Waals surface area (Å²) in [5.74, 6) is -1.02. The van der Waals surface area contributed by atoms with Gasteiger partial charge in [0.15, 0.2) is 0 Å². The predicted octanol–water partition coefficient (Wildman–Crippen LogP) is 1.19. The molecule has 0 aromatic carbocycles. The fourth-order valence-electron chi connectivity index (χ4n) is 1.64. The van der Waals surface area contributed by atoms with Crippen molar-refractivity contribution in [2.45, 2.75) is 6.92 Å². The van der Waals surface area contributed by atoms with E-state index in [0.29, 0.717) is 10.6 Å². The molecule has 0 spiro atoms. The van der Waals surface area contributed by atoms with Gasteiger partial charge in [0.25, 0.3) is 11.5 Å². The van der Waals surface area contributed by atoms with Crippen molar-refractivity contribution in [3.8, 4) is 0 Å². The minimum Gasteiger partial charge on any atom is -0.465 e. The quantitative estimate of drug-likeness (QED) is 0.860. The smallest absolute Gasteiger partial charge is 0.350 e. The number of esters is 1.